The predicted molar refractivity (Wildman–Crippen MR) is 68.4 cm³/mol. The first-order valence-electron chi connectivity index (χ1n) is 6.45. The van der Waals surface area contributed by atoms with Crippen LogP contribution in [0.5, 0.6) is 0 Å². The van der Waals surface area contributed by atoms with E-state index >= 15 is 0 Å². The molecular weight excluding hydrogens is 212 g/mol. The zero-order valence-corrected chi connectivity index (χ0v) is 10.7. The van der Waals surface area contributed by atoms with Gasteiger partial charge in [0.15, 0.2) is 5.78 Å². The highest BCUT2D eigenvalue weighted by Gasteiger charge is 2.22. The van der Waals surface area contributed by atoms with Crippen LogP contribution in [0.4, 0.5) is 0 Å². The molecule has 0 saturated heterocycles. The molecular formula is C15H20O2. The maximum atomic E-state index is 11.9. The zero-order valence-electron chi connectivity index (χ0n) is 10.7. The molecule has 0 heterocycles. The number of carbonyl (C=O) groups is 1. The Morgan fingerprint density at radius 1 is 1.35 bits per heavy atom. The van der Waals surface area contributed by atoms with Gasteiger partial charge in [0.2, 0.25) is 0 Å². The van der Waals surface area contributed by atoms with Crippen molar-refractivity contribution in [1.29, 1.82) is 0 Å². The number of hydrogen-bond acceptors (Lipinski definition) is 2. The van der Waals surface area contributed by atoms with Gasteiger partial charge in [-0.2, -0.15) is 0 Å². The summed E-state index contributed by atoms with van der Waals surface area (Å²) in [7, 11) is 1.75. The molecule has 0 N–H and O–H groups in total. The SMILES string of the molecule is CCCC(OC)c1cccc2c1CCCC2=O. The van der Waals surface area contributed by atoms with Crippen molar-refractivity contribution in [2.75, 3.05) is 7.11 Å². The molecule has 17 heavy (non-hydrogen) atoms. The quantitative estimate of drug-likeness (QED) is 0.791. The third-order valence-electron chi connectivity index (χ3n) is 3.53. The van der Waals surface area contributed by atoms with E-state index in [4.69, 9.17) is 4.74 Å². The zero-order chi connectivity index (χ0) is 12.3. The molecule has 0 fully saturated rings. The van der Waals surface area contributed by atoms with Crippen LogP contribution < -0.4 is 0 Å². The summed E-state index contributed by atoms with van der Waals surface area (Å²) in [5.74, 6) is 0.291. The van der Waals surface area contributed by atoms with Crippen LogP contribution in [0, 0.1) is 0 Å². The van der Waals surface area contributed by atoms with Crippen LogP contribution in [-0.4, -0.2) is 12.9 Å². The smallest absolute Gasteiger partial charge is 0.163 e. The van der Waals surface area contributed by atoms with Gasteiger partial charge in [-0.1, -0.05) is 31.5 Å². The lowest BCUT2D eigenvalue weighted by Gasteiger charge is -2.23. The fourth-order valence-corrected chi connectivity index (χ4v) is 2.67. The van der Waals surface area contributed by atoms with Gasteiger partial charge < -0.3 is 4.74 Å². The van der Waals surface area contributed by atoms with E-state index in [1.807, 2.05) is 12.1 Å². The number of hydrogen-bond donors (Lipinski definition) is 0. The largest absolute Gasteiger partial charge is 0.377 e. The van der Waals surface area contributed by atoms with Crippen molar-refractivity contribution < 1.29 is 9.53 Å². The number of carbonyl (C=O) groups excluding carboxylic acids is 1. The van der Waals surface area contributed by atoms with Gasteiger partial charge in [0.1, 0.15) is 0 Å². The Labute approximate surface area is 103 Å². The summed E-state index contributed by atoms with van der Waals surface area (Å²) in [6.07, 6.45) is 4.94. The summed E-state index contributed by atoms with van der Waals surface area (Å²) in [4.78, 5) is 11.9. The van der Waals surface area contributed by atoms with Crippen molar-refractivity contribution in [3.05, 3.63) is 34.9 Å². The lowest BCUT2D eigenvalue weighted by molar-refractivity contribution is 0.0924. The molecule has 0 aliphatic heterocycles. The summed E-state index contributed by atoms with van der Waals surface area (Å²) in [5.41, 5.74) is 3.37. The Kier molecular flexibility index (Phi) is 3.95. The Hall–Kier alpha value is -1.15. The van der Waals surface area contributed by atoms with Gasteiger partial charge in [-0.3, -0.25) is 4.79 Å². The molecule has 0 amide bonds. The van der Waals surface area contributed by atoms with E-state index in [0.717, 1.165) is 31.2 Å². The Morgan fingerprint density at radius 2 is 2.18 bits per heavy atom. The molecule has 0 saturated carbocycles. The van der Waals surface area contributed by atoms with Crippen LogP contribution in [0.15, 0.2) is 18.2 Å². The second kappa shape index (κ2) is 5.46. The normalized spacial score (nSPS) is 16.7. The van der Waals surface area contributed by atoms with E-state index in [2.05, 4.69) is 13.0 Å². The Balaban J connectivity index is 2.40. The van der Waals surface area contributed by atoms with Crippen LogP contribution in [0.3, 0.4) is 0 Å². The van der Waals surface area contributed by atoms with Gasteiger partial charge in [0.05, 0.1) is 6.10 Å². The molecule has 1 aromatic carbocycles. The molecule has 0 spiro atoms. The molecule has 1 atom stereocenters. The summed E-state index contributed by atoms with van der Waals surface area (Å²) >= 11 is 0. The second-order valence-electron chi connectivity index (χ2n) is 4.66. The van der Waals surface area contributed by atoms with Gasteiger partial charge >= 0.3 is 0 Å². The van der Waals surface area contributed by atoms with Gasteiger partial charge in [0, 0.05) is 19.1 Å². The van der Waals surface area contributed by atoms with Crippen LogP contribution in [-0.2, 0) is 11.2 Å². The highest BCUT2D eigenvalue weighted by molar-refractivity contribution is 5.98. The highest BCUT2D eigenvalue weighted by atomic mass is 16.5. The van der Waals surface area contributed by atoms with Gasteiger partial charge in [0.25, 0.3) is 0 Å². The summed E-state index contributed by atoms with van der Waals surface area (Å²) in [6.45, 7) is 2.16. The maximum absolute atomic E-state index is 11.9. The fourth-order valence-electron chi connectivity index (χ4n) is 2.67. The van der Waals surface area contributed by atoms with E-state index < -0.39 is 0 Å². The third kappa shape index (κ3) is 2.42. The lowest BCUT2D eigenvalue weighted by Crippen LogP contribution is -2.15. The van der Waals surface area contributed by atoms with Gasteiger partial charge in [-0.05, 0) is 30.4 Å². The molecule has 2 rings (SSSR count). The van der Waals surface area contributed by atoms with Crippen molar-refractivity contribution in [3.63, 3.8) is 0 Å². The first kappa shape index (κ1) is 12.3. The third-order valence-corrected chi connectivity index (χ3v) is 3.53. The van der Waals surface area contributed by atoms with E-state index in [0.29, 0.717) is 12.2 Å². The lowest BCUT2D eigenvalue weighted by atomic mass is 9.85. The number of rotatable bonds is 4. The minimum atomic E-state index is 0.140. The average Bonchev–Trinajstić information content (AvgIpc) is 2.36. The fraction of sp³-hybridized carbons (Fsp3) is 0.533. The van der Waals surface area contributed by atoms with Gasteiger partial charge in [-0.15, -0.1) is 0 Å². The molecule has 1 aliphatic rings. The van der Waals surface area contributed by atoms with Crippen molar-refractivity contribution >= 4 is 5.78 Å². The standard InChI is InChI=1S/C15H20O2/c1-3-6-15(17-2)13-9-4-8-12-11(13)7-5-10-14(12)16/h4,8-9,15H,3,5-7,10H2,1-2H3. The topological polar surface area (TPSA) is 26.3 Å². The van der Waals surface area contributed by atoms with E-state index in [1.165, 1.54) is 11.1 Å². The van der Waals surface area contributed by atoms with Crippen LogP contribution in [0.2, 0.25) is 0 Å². The van der Waals surface area contributed by atoms with Crippen molar-refractivity contribution in [2.24, 2.45) is 0 Å². The molecule has 2 nitrogen and oxygen atoms in total. The molecule has 2 heteroatoms. The summed E-state index contributed by atoms with van der Waals surface area (Å²) in [6, 6.07) is 6.05. The number of ether oxygens (including phenoxy) is 1. The molecule has 0 radical (unpaired) electrons. The molecule has 1 aromatic rings. The molecule has 0 aromatic heterocycles. The minimum Gasteiger partial charge on any atom is -0.377 e. The van der Waals surface area contributed by atoms with Crippen LogP contribution >= 0.6 is 0 Å². The van der Waals surface area contributed by atoms with Gasteiger partial charge in [-0.25, -0.2) is 0 Å². The number of methoxy groups -OCH3 is 1. The van der Waals surface area contributed by atoms with Crippen LogP contribution in [0.25, 0.3) is 0 Å². The molecule has 1 aliphatic carbocycles. The van der Waals surface area contributed by atoms with Crippen molar-refractivity contribution in [3.8, 4) is 0 Å². The number of ketones is 1. The first-order valence-corrected chi connectivity index (χ1v) is 6.45. The summed E-state index contributed by atoms with van der Waals surface area (Å²) in [5, 5.41) is 0. The number of fused-ring (bicyclic) bond motifs is 1. The van der Waals surface area contributed by atoms with Crippen LogP contribution in [0.1, 0.15) is 60.2 Å². The van der Waals surface area contributed by atoms with E-state index in [1.54, 1.807) is 7.11 Å². The van der Waals surface area contributed by atoms with E-state index in [9.17, 15) is 4.79 Å². The highest BCUT2D eigenvalue weighted by Crippen LogP contribution is 2.31. The first-order chi connectivity index (χ1) is 8.27. The number of Topliss-reactive ketones (excluding diaryl/α,β-unsaturated/α-hetero) is 1. The van der Waals surface area contributed by atoms with E-state index in [-0.39, 0.29) is 6.10 Å². The Morgan fingerprint density at radius 3 is 2.88 bits per heavy atom. The molecule has 92 valence electrons. The number of benzene rings is 1. The Bertz CT molecular complexity index is 409. The van der Waals surface area contributed by atoms with Crippen molar-refractivity contribution in [1.82, 2.24) is 0 Å². The average molecular weight is 232 g/mol. The molecule has 0 bridgehead atoms. The predicted octanol–water partition coefficient (Wildman–Crippen LogP) is 3.69. The molecule has 1 unspecified atom stereocenters. The monoisotopic (exact) mass is 232 g/mol. The minimum absolute atomic E-state index is 0.140. The van der Waals surface area contributed by atoms with Crippen molar-refractivity contribution in [2.45, 2.75) is 45.1 Å². The second-order valence-corrected chi connectivity index (χ2v) is 4.66. The maximum Gasteiger partial charge on any atom is 0.163 e. The summed E-state index contributed by atoms with van der Waals surface area (Å²) < 4.78 is 5.57.